The van der Waals surface area contributed by atoms with Crippen molar-refractivity contribution in [3.05, 3.63) is 70.8 Å². The minimum absolute atomic E-state index is 0.146. The van der Waals surface area contributed by atoms with E-state index in [0.29, 0.717) is 11.1 Å². The Kier molecular flexibility index (Phi) is 11.7. The Morgan fingerprint density at radius 2 is 1.55 bits per heavy atom. The van der Waals surface area contributed by atoms with Crippen LogP contribution in [0.25, 0.3) is 0 Å². The number of amides is 3. The van der Waals surface area contributed by atoms with Crippen molar-refractivity contribution >= 4 is 23.9 Å². The lowest BCUT2D eigenvalue weighted by Crippen LogP contribution is -2.52. The number of benzene rings is 2. The quantitative estimate of drug-likeness (QED) is 0.317. The summed E-state index contributed by atoms with van der Waals surface area (Å²) in [5, 5.41) is 14.8. The molecule has 2 atom stereocenters. The molecule has 0 aliphatic heterocycles. The van der Waals surface area contributed by atoms with E-state index in [2.05, 4.69) is 10.6 Å². The number of nitriles is 1. The molecule has 0 aliphatic rings. The Balaban J connectivity index is 2.49. The fraction of sp³-hybridized carbons (Fsp3) is 0.469. The molecule has 0 aliphatic carbocycles. The largest absolute Gasteiger partial charge is 0.458 e. The number of alkyl carbamates (subject to hydrolysis) is 1. The third-order valence-corrected chi connectivity index (χ3v) is 5.92. The Morgan fingerprint density at radius 1 is 0.929 bits per heavy atom. The summed E-state index contributed by atoms with van der Waals surface area (Å²) in [4.78, 5) is 54.1. The van der Waals surface area contributed by atoms with E-state index in [1.807, 2.05) is 55.5 Å². The summed E-state index contributed by atoms with van der Waals surface area (Å²) in [7, 11) is 0. The van der Waals surface area contributed by atoms with E-state index in [0.717, 1.165) is 16.0 Å². The predicted molar refractivity (Wildman–Crippen MR) is 158 cm³/mol. The van der Waals surface area contributed by atoms with Gasteiger partial charge < -0.3 is 25.0 Å². The number of carbonyl (C=O) groups excluding carboxylic acids is 4. The van der Waals surface area contributed by atoms with Crippen LogP contribution in [0.2, 0.25) is 0 Å². The molecule has 10 heteroatoms. The first-order valence-electron chi connectivity index (χ1n) is 13.8. The molecule has 0 bridgehead atoms. The Morgan fingerprint density at radius 3 is 2.12 bits per heavy atom. The van der Waals surface area contributed by atoms with E-state index in [1.54, 1.807) is 54.5 Å². The van der Waals surface area contributed by atoms with Crippen LogP contribution in [0.3, 0.4) is 0 Å². The fourth-order valence-corrected chi connectivity index (χ4v) is 4.13. The van der Waals surface area contributed by atoms with Gasteiger partial charge in [-0.15, -0.1) is 0 Å². The summed E-state index contributed by atoms with van der Waals surface area (Å²) in [6.45, 7) is 12.9. The van der Waals surface area contributed by atoms with Gasteiger partial charge in [-0.3, -0.25) is 9.59 Å². The Labute approximate surface area is 248 Å². The molecule has 2 rings (SSSR count). The van der Waals surface area contributed by atoms with Crippen molar-refractivity contribution in [2.75, 3.05) is 13.1 Å². The van der Waals surface area contributed by atoms with Crippen molar-refractivity contribution in [2.24, 2.45) is 0 Å². The summed E-state index contributed by atoms with van der Waals surface area (Å²) in [6, 6.07) is 14.2. The average molecular weight is 579 g/mol. The van der Waals surface area contributed by atoms with Gasteiger partial charge in [-0.05, 0) is 72.1 Å². The second-order valence-corrected chi connectivity index (χ2v) is 12.1. The van der Waals surface area contributed by atoms with Crippen LogP contribution in [0.15, 0.2) is 48.5 Å². The zero-order chi connectivity index (χ0) is 31.7. The maximum absolute atomic E-state index is 14.1. The van der Waals surface area contributed by atoms with E-state index in [-0.39, 0.29) is 6.42 Å². The minimum atomic E-state index is -1.28. The van der Waals surface area contributed by atoms with Gasteiger partial charge in [0.1, 0.15) is 36.4 Å². The first-order valence-corrected chi connectivity index (χ1v) is 13.8. The molecule has 42 heavy (non-hydrogen) atoms. The van der Waals surface area contributed by atoms with E-state index in [9.17, 15) is 24.4 Å². The first kappa shape index (κ1) is 33.8. The van der Waals surface area contributed by atoms with Gasteiger partial charge in [0.25, 0.3) is 0 Å². The first-order chi connectivity index (χ1) is 19.5. The number of aryl methyl sites for hydroxylation is 2. The topological polar surface area (TPSA) is 138 Å². The third-order valence-electron chi connectivity index (χ3n) is 5.92. The monoisotopic (exact) mass is 578 g/mol. The maximum atomic E-state index is 14.1. The molecule has 0 saturated heterocycles. The molecule has 0 heterocycles. The van der Waals surface area contributed by atoms with Crippen LogP contribution >= 0.6 is 0 Å². The summed E-state index contributed by atoms with van der Waals surface area (Å²) in [6.07, 6.45) is -0.665. The molecule has 0 saturated carbocycles. The highest BCUT2D eigenvalue weighted by Gasteiger charge is 2.36. The second-order valence-electron chi connectivity index (χ2n) is 12.1. The minimum Gasteiger partial charge on any atom is -0.458 e. The van der Waals surface area contributed by atoms with Crippen LogP contribution in [0.5, 0.6) is 0 Å². The third kappa shape index (κ3) is 10.9. The number of nitrogens with one attached hydrogen (secondary N) is 2. The molecule has 0 spiro atoms. The summed E-state index contributed by atoms with van der Waals surface area (Å²) < 4.78 is 10.8. The second kappa shape index (κ2) is 14.5. The molecule has 0 radical (unpaired) electrons. The fourth-order valence-electron chi connectivity index (χ4n) is 4.13. The van der Waals surface area contributed by atoms with Gasteiger partial charge in [0.05, 0.1) is 6.07 Å². The average Bonchev–Trinajstić information content (AvgIpc) is 2.87. The normalized spacial score (nSPS) is 12.7. The lowest BCUT2D eigenvalue weighted by atomic mass is 9.96. The standard InChI is InChI=1S/C32H42N4O6/c1-21-14-15-22(2)24(18-21)27(36(17-16-33)26(37)20-34-30(40)42-32(6,7)8)28(38)35-25(29(39)41-31(3,4)5)19-23-12-10-9-11-13-23/h9-15,18,25,27H,17,19-20H2,1-8H3,(H,34,40)(H,35,38). The summed E-state index contributed by atoms with van der Waals surface area (Å²) in [5.41, 5.74) is 1.22. The zero-order valence-corrected chi connectivity index (χ0v) is 25.7. The van der Waals surface area contributed by atoms with Crippen LogP contribution in [0.1, 0.15) is 69.8 Å². The molecular weight excluding hydrogens is 536 g/mol. The van der Waals surface area contributed by atoms with Gasteiger partial charge in [0.15, 0.2) is 0 Å². The van der Waals surface area contributed by atoms with Gasteiger partial charge in [0, 0.05) is 6.42 Å². The van der Waals surface area contributed by atoms with E-state index >= 15 is 0 Å². The highest BCUT2D eigenvalue weighted by Crippen LogP contribution is 2.26. The number of esters is 1. The van der Waals surface area contributed by atoms with Crippen molar-refractivity contribution in [2.45, 2.75) is 85.1 Å². The molecule has 2 aromatic rings. The Bertz CT molecular complexity index is 1310. The highest BCUT2D eigenvalue weighted by atomic mass is 16.6. The molecule has 2 N–H and O–H groups in total. The van der Waals surface area contributed by atoms with Gasteiger partial charge in [-0.1, -0.05) is 54.1 Å². The molecule has 0 aromatic heterocycles. The van der Waals surface area contributed by atoms with Crippen LogP contribution in [0.4, 0.5) is 4.79 Å². The Hall–Kier alpha value is -4.39. The van der Waals surface area contributed by atoms with Crippen molar-refractivity contribution in [3.8, 4) is 6.07 Å². The van der Waals surface area contributed by atoms with Crippen molar-refractivity contribution in [1.29, 1.82) is 5.26 Å². The predicted octanol–water partition coefficient (Wildman–Crippen LogP) is 4.29. The number of hydrogen-bond donors (Lipinski definition) is 2. The van der Waals surface area contributed by atoms with Crippen LogP contribution in [-0.2, 0) is 30.3 Å². The number of hydrogen-bond acceptors (Lipinski definition) is 7. The zero-order valence-electron chi connectivity index (χ0n) is 25.7. The molecule has 2 aromatic carbocycles. The molecule has 0 fully saturated rings. The smallest absolute Gasteiger partial charge is 0.408 e. The van der Waals surface area contributed by atoms with Gasteiger partial charge >= 0.3 is 12.1 Å². The van der Waals surface area contributed by atoms with Gasteiger partial charge in [0.2, 0.25) is 11.8 Å². The number of carbonyl (C=O) groups is 4. The van der Waals surface area contributed by atoms with E-state index in [4.69, 9.17) is 9.47 Å². The number of nitrogens with zero attached hydrogens (tertiary/aromatic N) is 2. The molecular formula is C32H42N4O6. The SMILES string of the molecule is Cc1ccc(C)c(C(C(=O)NC(Cc2ccccc2)C(=O)OC(C)(C)C)N(CC#N)C(=O)CNC(=O)OC(C)(C)C)c1. The maximum Gasteiger partial charge on any atom is 0.408 e. The van der Waals surface area contributed by atoms with Gasteiger partial charge in [-0.25, -0.2) is 9.59 Å². The number of rotatable bonds is 10. The van der Waals surface area contributed by atoms with Crippen molar-refractivity contribution in [3.63, 3.8) is 0 Å². The van der Waals surface area contributed by atoms with Crippen molar-refractivity contribution < 1.29 is 28.7 Å². The van der Waals surface area contributed by atoms with Gasteiger partial charge in [-0.2, -0.15) is 5.26 Å². The number of ether oxygens (including phenoxy) is 2. The lowest BCUT2D eigenvalue weighted by molar-refractivity contribution is -0.159. The lowest BCUT2D eigenvalue weighted by Gasteiger charge is -2.32. The van der Waals surface area contributed by atoms with Crippen LogP contribution < -0.4 is 10.6 Å². The van der Waals surface area contributed by atoms with Crippen LogP contribution in [-0.4, -0.2) is 59.1 Å². The highest BCUT2D eigenvalue weighted by molar-refractivity contribution is 5.93. The summed E-state index contributed by atoms with van der Waals surface area (Å²) in [5.74, 6) is -1.99. The molecule has 226 valence electrons. The van der Waals surface area contributed by atoms with E-state index in [1.165, 1.54) is 0 Å². The summed E-state index contributed by atoms with van der Waals surface area (Å²) >= 11 is 0. The molecule has 3 amide bonds. The van der Waals surface area contributed by atoms with E-state index < -0.39 is 60.3 Å². The molecule has 10 nitrogen and oxygen atoms in total. The molecule has 2 unspecified atom stereocenters. The van der Waals surface area contributed by atoms with Crippen molar-refractivity contribution in [1.82, 2.24) is 15.5 Å². The van der Waals surface area contributed by atoms with Crippen LogP contribution in [0, 0.1) is 25.2 Å².